The van der Waals surface area contributed by atoms with Crippen molar-refractivity contribution in [2.24, 2.45) is 5.92 Å². The van der Waals surface area contributed by atoms with Crippen molar-refractivity contribution in [1.82, 2.24) is 10.2 Å². The average molecular weight is 362 g/mol. The number of nitrogens with zero attached hydrogens (tertiary/aromatic N) is 2. The Morgan fingerprint density at radius 3 is 2.52 bits per heavy atom. The van der Waals surface area contributed by atoms with E-state index >= 15 is 0 Å². The number of benzene rings is 1. The van der Waals surface area contributed by atoms with Crippen molar-refractivity contribution in [2.45, 2.75) is 27.2 Å². The van der Waals surface area contributed by atoms with Crippen molar-refractivity contribution in [2.75, 3.05) is 23.8 Å². The van der Waals surface area contributed by atoms with Crippen LogP contribution in [0.2, 0.25) is 0 Å². The zero-order valence-electron chi connectivity index (χ0n) is 14.5. The van der Waals surface area contributed by atoms with Gasteiger partial charge >= 0.3 is 0 Å². The molecule has 1 aromatic carbocycles. The van der Waals surface area contributed by atoms with Gasteiger partial charge in [-0.3, -0.25) is 14.9 Å². The maximum Gasteiger partial charge on any atom is 0.257 e. The van der Waals surface area contributed by atoms with Crippen LogP contribution in [0.3, 0.4) is 0 Å². The van der Waals surface area contributed by atoms with Gasteiger partial charge in [-0.05, 0) is 31.2 Å². The van der Waals surface area contributed by atoms with Crippen LogP contribution in [-0.2, 0) is 16.0 Å². The number of aromatic nitrogens is 2. The van der Waals surface area contributed by atoms with Gasteiger partial charge in [-0.25, -0.2) is 0 Å². The Kier molecular flexibility index (Phi) is 7.03. The normalized spacial score (nSPS) is 10.7. The van der Waals surface area contributed by atoms with Gasteiger partial charge < -0.3 is 10.1 Å². The first-order valence-corrected chi connectivity index (χ1v) is 8.93. The fourth-order valence-corrected chi connectivity index (χ4v) is 2.59. The second-order valence-electron chi connectivity index (χ2n) is 5.62. The zero-order valence-corrected chi connectivity index (χ0v) is 15.4. The molecular weight excluding hydrogens is 340 g/mol. The van der Waals surface area contributed by atoms with E-state index < -0.39 is 0 Å². The molecule has 8 heteroatoms. The monoisotopic (exact) mass is 362 g/mol. The molecule has 134 valence electrons. The summed E-state index contributed by atoms with van der Waals surface area (Å²) in [5.41, 5.74) is 1.14. The van der Waals surface area contributed by atoms with Gasteiger partial charge in [0.1, 0.15) is 5.01 Å². The van der Waals surface area contributed by atoms with Gasteiger partial charge in [0.25, 0.3) is 5.91 Å². The number of hydrogen-bond acceptors (Lipinski definition) is 6. The number of rotatable bonds is 8. The summed E-state index contributed by atoms with van der Waals surface area (Å²) in [6.45, 7) is 6.83. The van der Waals surface area contributed by atoms with E-state index in [0.29, 0.717) is 36.0 Å². The molecule has 0 aliphatic heterocycles. The quantitative estimate of drug-likeness (QED) is 0.704. The summed E-state index contributed by atoms with van der Waals surface area (Å²) in [6.07, 6.45) is 0.672. The zero-order chi connectivity index (χ0) is 18.2. The van der Waals surface area contributed by atoms with Crippen LogP contribution in [0.1, 0.15) is 36.1 Å². The summed E-state index contributed by atoms with van der Waals surface area (Å²) in [5.74, 6) is -0.433. The lowest BCUT2D eigenvalue weighted by Gasteiger charge is -2.08. The molecule has 2 rings (SSSR count). The van der Waals surface area contributed by atoms with Crippen LogP contribution in [0, 0.1) is 5.92 Å². The molecule has 1 heterocycles. The summed E-state index contributed by atoms with van der Waals surface area (Å²) in [5, 5.41) is 14.8. The minimum absolute atomic E-state index is 0.0642. The number of hydrogen-bond donors (Lipinski definition) is 2. The molecule has 0 saturated heterocycles. The van der Waals surface area contributed by atoms with Gasteiger partial charge in [0.15, 0.2) is 0 Å². The second kappa shape index (κ2) is 9.24. The third-order valence-corrected chi connectivity index (χ3v) is 4.19. The highest BCUT2D eigenvalue weighted by atomic mass is 32.1. The molecule has 2 N–H and O–H groups in total. The fraction of sp³-hybridized carbons (Fsp3) is 0.412. The van der Waals surface area contributed by atoms with E-state index in [2.05, 4.69) is 20.8 Å². The Labute approximate surface area is 150 Å². The maximum atomic E-state index is 12.2. The van der Waals surface area contributed by atoms with Gasteiger partial charge in [0.2, 0.25) is 11.0 Å². The molecule has 0 unspecified atom stereocenters. The van der Waals surface area contributed by atoms with E-state index in [-0.39, 0.29) is 17.7 Å². The lowest BCUT2D eigenvalue weighted by atomic mass is 10.1. The van der Waals surface area contributed by atoms with Crippen LogP contribution >= 0.6 is 11.3 Å². The van der Waals surface area contributed by atoms with E-state index in [1.54, 1.807) is 24.3 Å². The van der Waals surface area contributed by atoms with Gasteiger partial charge in [0.05, 0.1) is 6.61 Å². The van der Waals surface area contributed by atoms with Crippen LogP contribution in [0.5, 0.6) is 0 Å². The summed E-state index contributed by atoms with van der Waals surface area (Å²) in [7, 11) is 0. The van der Waals surface area contributed by atoms with Crippen LogP contribution in [0.4, 0.5) is 10.8 Å². The van der Waals surface area contributed by atoms with Gasteiger partial charge in [0, 0.05) is 30.2 Å². The highest BCUT2D eigenvalue weighted by molar-refractivity contribution is 7.15. The van der Waals surface area contributed by atoms with Gasteiger partial charge in [-0.15, -0.1) is 10.2 Å². The Bertz CT molecular complexity index is 713. The van der Waals surface area contributed by atoms with Gasteiger partial charge in [-0.1, -0.05) is 25.2 Å². The molecule has 2 aromatic rings. The Morgan fingerprint density at radius 2 is 1.88 bits per heavy atom. The largest absolute Gasteiger partial charge is 0.381 e. The van der Waals surface area contributed by atoms with Crippen molar-refractivity contribution < 1.29 is 14.3 Å². The van der Waals surface area contributed by atoms with E-state index in [1.807, 2.05) is 20.8 Å². The standard InChI is InChI=1S/C17H22N4O3S/c1-4-24-10-9-14-20-21-17(25-14)19-16(23)12-5-7-13(8-6-12)18-15(22)11(2)3/h5-8,11H,4,9-10H2,1-3H3,(H,18,22)(H,19,21,23). The molecule has 2 amide bonds. The fourth-order valence-electron chi connectivity index (χ4n) is 1.87. The number of nitrogens with one attached hydrogen (secondary N) is 2. The predicted molar refractivity (Wildman–Crippen MR) is 98.0 cm³/mol. The first kappa shape index (κ1) is 19.0. The molecule has 0 spiro atoms. The van der Waals surface area contributed by atoms with Gasteiger partial charge in [-0.2, -0.15) is 0 Å². The number of anilines is 2. The number of amides is 2. The van der Waals surface area contributed by atoms with E-state index in [1.165, 1.54) is 11.3 Å². The van der Waals surface area contributed by atoms with Crippen molar-refractivity contribution in [3.63, 3.8) is 0 Å². The Balaban J connectivity index is 1.91. The molecule has 0 saturated carbocycles. The van der Waals surface area contributed by atoms with Crippen LogP contribution < -0.4 is 10.6 Å². The summed E-state index contributed by atoms with van der Waals surface area (Å²) >= 11 is 1.33. The number of carbonyl (C=O) groups excluding carboxylic acids is 2. The molecule has 7 nitrogen and oxygen atoms in total. The molecule has 1 aromatic heterocycles. The lowest BCUT2D eigenvalue weighted by molar-refractivity contribution is -0.118. The van der Waals surface area contributed by atoms with Crippen molar-refractivity contribution >= 4 is 34.0 Å². The summed E-state index contributed by atoms with van der Waals surface area (Å²) < 4.78 is 5.27. The van der Waals surface area contributed by atoms with E-state index in [9.17, 15) is 9.59 Å². The van der Waals surface area contributed by atoms with Crippen LogP contribution in [-0.4, -0.2) is 35.2 Å². The molecule has 0 aliphatic rings. The lowest BCUT2D eigenvalue weighted by Crippen LogP contribution is -2.18. The minimum Gasteiger partial charge on any atom is -0.381 e. The van der Waals surface area contributed by atoms with E-state index in [0.717, 1.165) is 5.01 Å². The first-order valence-electron chi connectivity index (χ1n) is 8.12. The van der Waals surface area contributed by atoms with E-state index in [4.69, 9.17) is 4.74 Å². The molecule has 25 heavy (non-hydrogen) atoms. The highest BCUT2D eigenvalue weighted by Gasteiger charge is 2.11. The summed E-state index contributed by atoms with van der Waals surface area (Å²) in [4.78, 5) is 23.9. The molecule has 0 bridgehead atoms. The average Bonchev–Trinajstić information content (AvgIpc) is 3.03. The second-order valence-corrected chi connectivity index (χ2v) is 6.69. The topological polar surface area (TPSA) is 93.2 Å². The Hall–Kier alpha value is -2.32. The predicted octanol–water partition coefficient (Wildman–Crippen LogP) is 2.96. The smallest absolute Gasteiger partial charge is 0.257 e. The third-order valence-electron chi connectivity index (χ3n) is 3.29. The summed E-state index contributed by atoms with van der Waals surface area (Å²) in [6, 6.07) is 6.70. The van der Waals surface area contributed by atoms with Crippen LogP contribution in [0.25, 0.3) is 0 Å². The third kappa shape index (κ3) is 5.91. The molecule has 0 atom stereocenters. The Morgan fingerprint density at radius 1 is 1.16 bits per heavy atom. The number of carbonyl (C=O) groups is 2. The SMILES string of the molecule is CCOCCc1nnc(NC(=O)c2ccc(NC(=O)C(C)C)cc2)s1. The molecule has 0 fully saturated rings. The van der Waals surface area contributed by atoms with Crippen molar-refractivity contribution in [3.8, 4) is 0 Å². The van der Waals surface area contributed by atoms with Crippen molar-refractivity contribution in [1.29, 1.82) is 0 Å². The van der Waals surface area contributed by atoms with Crippen molar-refractivity contribution in [3.05, 3.63) is 34.8 Å². The molecular formula is C17H22N4O3S. The molecule has 0 aliphatic carbocycles. The number of ether oxygens (including phenoxy) is 1. The highest BCUT2D eigenvalue weighted by Crippen LogP contribution is 2.18. The minimum atomic E-state index is -0.269. The van der Waals surface area contributed by atoms with Crippen LogP contribution in [0.15, 0.2) is 24.3 Å². The maximum absolute atomic E-state index is 12.2. The molecule has 0 radical (unpaired) electrons. The first-order chi connectivity index (χ1) is 12.0.